The van der Waals surface area contributed by atoms with E-state index in [2.05, 4.69) is 18.2 Å². The lowest BCUT2D eigenvalue weighted by Crippen LogP contribution is -2.28. The fraction of sp³-hybridized carbons (Fsp3) is 0.158. The summed E-state index contributed by atoms with van der Waals surface area (Å²) in [5.41, 5.74) is 3.58. The van der Waals surface area contributed by atoms with E-state index in [-0.39, 0.29) is 11.7 Å². The number of carbonyl (C=O) groups excluding carboxylic acids is 2. The Hall–Kier alpha value is -2.68. The predicted octanol–water partition coefficient (Wildman–Crippen LogP) is 3.43. The van der Waals surface area contributed by atoms with Gasteiger partial charge in [-0.1, -0.05) is 48.5 Å². The highest BCUT2D eigenvalue weighted by Gasteiger charge is 2.21. The SMILES string of the molecule is CC(=O)c1ccc(C(=O)N2CC=C(c3ccccc3)C2)cc1. The summed E-state index contributed by atoms with van der Waals surface area (Å²) < 4.78 is 0. The van der Waals surface area contributed by atoms with Crippen molar-refractivity contribution < 1.29 is 9.59 Å². The van der Waals surface area contributed by atoms with Crippen molar-refractivity contribution in [3.63, 3.8) is 0 Å². The molecule has 1 aliphatic rings. The largest absolute Gasteiger partial charge is 0.331 e. The molecule has 0 aliphatic carbocycles. The average molecular weight is 291 g/mol. The molecule has 2 aromatic carbocycles. The van der Waals surface area contributed by atoms with Gasteiger partial charge >= 0.3 is 0 Å². The highest BCUT2D eigenvalue weighted by atomic mass is 16.2. The molecular weight excluding hydrogens is 274 g/mol. The lowest BCUT2D eigenvalue weighted by atomic mass is 10.1. The molecule has 0 spiro atoms. The molecule has 0 aromatic heterocycles. The summed E-state index contributed by atoms with van der Waals surface area (Å²) in [5.74, 6) is 0.00508. The van der Waals surface area contributed by atoms with Gasteiger partial charge in [-0.25, -0.2) is 0 Å². The highest BCUT2D eigenvalue weighted by Crippen LogP contribution is 2.22. The molecule has 3 rings (SSSR count). The Balaban J connectivity index is 1.71. The first-order valence-corrected chi connectivity index (χ1v) is 7.30. The number of amides is 1. The molecule has 1 amide bonds. The molecule has 1 heterocycles. The Morgan fingerprint density at radius 1 is 0.909 bits per heavy atom. The van der Waals surface area contributed by atoms with Gasteiger partial charge in [-0.05, 0) is 30.2 Å². The molecule has 0 fully saturated rings. The summed E-state index contributed by atoms with van der Waals surface area (Å²) in [5, 5.41) is 0. The van der Waals surface area contributed by atoms with E-state index in [1.807, 2.05) is 23.1 Å². The fourth-order valence-electron chi connectivity index (χ4n) is 2.60. The number of hydrogen-bond donors (Lipinski definition) is 0. The Morgan fingerprint density at radius 3 is 2.18 bits per heavy atom. The molecule has 110 valence electrons. The van der Waals surface area contributed by atoms with E-state index in [0.29, 0.717) is 24.2 Å². The Kier molecular flexibility index (Phi) is 3.88. The quantitative estimate of drug-likeness (QED) is 0.812. The number of Topliss-reactive ketones (excluding diaryl/α,β-unsaturated/α-hetero) is 1. The van der Waals surface area contributed by atoms with Crippen LogP contribution in [0.25, 0.3) is 5.57 Å². The van der Waals surface area contributed by atoms with Gasteiger partial charge in [0.2, 0.25) is 0 Å². The second kappa shape index (κ2) is 5.98. The van der Waals surface area contributed by atoms with Gasteiger partial charge in [0.1, 0.15) is 0 Å². The van der Waals surface area contributed by atoms with Gasteiger partial charge in [0.15, 0.2) is 5.78 Å². The number of benzene rings is 2. The number of ketones is 1. The van der Waals surface area contributed by atoms with Crippen molar-refractivity contribution in [2.75, 3.05) is 13.1 Å². The minimum Gasteiger partial charge on any atom is -0.331 e. The van der Waals surface area contributed by atoms with Gasteiger partial charge in [0, 0.05) is 24.2 Å². The third kappa shape index (κ3) is 2.84. The monoisotopic (exact) mass is 291 g/mol. The molecule has 2 aromatic rings. The molecule has 3 heteroatoms. The first kappa shape index (κ1) is 14.3. The molecule has 0 saturated carbocycles. The zero-order chi connectivity index (χ0) is 15.5. The second-order valence-corrected chi connectivity index (χ2v) is 5.41. The van der Waals surface area contributed by atoms with Crippen LogP contribution in [0.15, 0.2) is 60.7 Å². The smallest absolute Gasteiger partial charge is 0.254 e. The zero-order valence-corrected chi connectivity index (χ0v) is 12.5. The molecule has 0 unspecified atom stereocenters. The standard InChI is InChI=1S/C19H17NO2/c1-14(21)15-7-9-17(10-8-15)19(22)20-12-11-18(13-20)16-5-3-2-4-6-16/h2-11H,12-13H2,1H3. The average Bonchev–Trinajstić information content (AvgIpc) is 3.05. The van der Waals surface area contributed by atoms with Crippen LogP contribution in [-0.2, 0) is 0 Å². The van der Waals surface area contributed by atoms with Crippen LogP contribution in [0.1, 0.15) is 33.2 Å². The van der Waals surface area contributed by atoms with Gasteiger partial charge in [-0.3, -0.25) is 9.59 Å². The third-order valence-electron chi connectivity index (χ3n) is 3.89. The highest BCUT2D eigenvalue weighted by molar-refractivity contribution is 5.98. The van der Waals surface area contributed by atoms with E-state index in [1.165, 1.54) is 12.5 Å². The van der Waals surface area contributed by atoms with E-state index in [0.717, 1.165) is 5.56 Å². The maximum atomic E-state index is 12.5. The first-order chi connectivity index (χ1) is 10.6. The van der Waals surface area contributed by atoms with Gasteiger partial charge in [0.05, 0.1) is 0 Å². The Labute approximate surface area is 129 Å². The summed E-state index contributed by atoms with van der Waals surface area (Å²) in [6.45, 7) is 2.77. The van der Waals surface area contributed by atoms with Crippen molar-refractivity contribution in [1.29, 1.82) is 0 Å². The minimum atomic E-state index is -0.00252. The molecule has 1 aliphatic heterocycles. The normalized spacial score (nSPS) is 13.9. The van der Waals surface area contributed by atoms with Crippen LogP contribution in [0.5, 0.6) is 0 Å². The number of rotatable bonds is 3. The van der Waals surface area contributed by atoms with Crippen LogP contribution < -0.4 is 0 Å². The molecule has 22 heavy (non-hydrogen) atoms. The molecule has 0 radical (unpaired) electrons. The maximum Gasteiger partial charge on any atom is 0.254 e. The molecule has 3 nitrogen and oxygen atoms in total. The molecule has 0 atom stereocenters. The van der Waals surface area contributed by atoms with Crippen LogP contribution >= 0.6 is 0 Å². The van der Waals surface area contributed by atoms with Crippen molar-refractivity contribution in [3.05, 3.63) is 77.4 Å². The Morgan fingerprint density at radius 2 is 1.55 bits per heavy atom. The third-order valence-corrected chi connectivity index (χ3v) is 3.89. The van der Waals surface area contributed by atoms with Gasteiger partial charge in [-0.15, -0.1) is 0 Å². The van der Waals surface area contributed by atoms with Crippen molar-refractivity contribution in [2.24, 2.45) is 0 Å². The number of carbonyl (C=O) groups is 2. The second-order valence-electron chi connectivity index (χ2n) is 5.41. The summed E-state index contributed by atoms with van der Waals surface area (Å²) in [6.07, 6.45) is 2.09. The number of nitrogens with zero attached hydrogens (tertiary/aromatic N) is 1. The minimum absolute atomic E-state index is 0.00252. The number of hydrogen-bond acceptors (Lipinski definition) is 2. The maximum absolute atomic E-state index is 12.5. The lowest BCUT2D eigenvalue weighted by Gasteiger charge is -2.16. The van der Waals surface area contributed by atoms with Crippen molar-refractivity contribution in [2.45, 2.75) is 6.92 Å². The fourth-order valence-corrected chi connectivity index (χ4v) is 2.60. The molecule has 0 N–H and O–H groups in total. The van der Waals surface area contributed by atoms with Crippen LogP contribution in [-0.4, -0.2) is 29.7 Å². The topological polar surface area (TPSA) is 37.4 Å². The van der Waals surface area contributed by atoms with Crippen LogP contribution in [0.3, 0.4) is 0 Å². The summed E-state index contributed by atoms with van der Waals surface area (Å²) in [6, 6.07) is 17.0. The summed E-state index contributed by atoms with van der Waals surface area (Å²) >= 11 is 0. The predicted molar refractivity (Wildman–Crippen MR) is 86.8 cm³/mol. The van der Waals surface area contributed by atoms with Crippen LogP contribution in [0, 0.1) is 0 Å². The van der Waals surface area contributed by atoms with Crippen LogP contribution in [0.4, 0.5) is 0 Å². The van der Waals surface area contributed by atoms with E-state index in [1.54, 1.807) is 24.3 Å². The van der Waals surface area contributed by atoms with Gasteiger partial charge < -0.3 is 4.90 Å². The summed E-state index contributed by atoms with van der Waals surface area (Å²) in [4.78, 5) is 25.6. The van der Waals surface area contributed by atoms with Crippen molar-refractivity contribution in [3.8, 4) is 0 Å². The zero-order valence-electron chi connectivity index (χ0n) is 12.5. The van der Waals surface area contributed by atoms with Crippen molar-refractivity contribution in [1.82, 2.24) is 4.90 Å². The molecule has 0 bridgehead atoms. The van der Waals surface area contributed by atoms with Gasteiger partial charge in [0.25, 0.3) is 5.91 Å². The molecular formula is C19H17NO2. The van der Waals surface area contributed by atoms with Crippen molar-refractivity contribution >= 4 is 17.3 Å². The van der Waals surface area contributed by atoms with E-state index < -0.39 is 0 Å². The lowest BCUT2D eigenvalue weighted by molar-refractivity contribution is 0.0801. The van der Waals surface area contributed by atoms with Crippen LogP contribution in [0.2, 0.25) is 0 Å². The van der Waals surface area contributed by atoms with E-state index in [9.17, 15) is 9.59 Å². The van der Waals surface area contributed by atoms with E-state index >= 15 is 0 Å². The molecule has 0 saturated heterocycles. The van der Waals surface area contributed by atoms with Gasteiger partial charge in [-0.2, -0.15) is 0 Å². The Bertz CT molecular complexity index is 730. The van der Waals surface area contributed by atoms with E-state index in [4.69, 9.17) is 0 Å². The summed E-state index contributed by atoms with van der Waals surface area (Å²) in [7, 11) is 0. The first-order valence-electron chi connectivity index (χ1n) is 7.30.